The minimum absolute atomic E-state index is 0. The molecule has 8 heteroatoms. The molecule has 0 radical (unpaired) electrons. The fourth-order valence-electron chi connectivity index (χ4n) is 3.76. The Labute approximate surface area is 160 Å². The van der Waals surface area contributed by atoms with Gasteiger partial charge >= 0.3 is 0 Å². The molecule has 1 aromatic rings. The molecule has 2 aliphatic rings. The maximum Gasteiger partial charge on any atom is 0.293 e. The van der Waals surface area contributed by atoms with E-state index >= 15 is 0 Å². The standard InChI is InChI=1S/C18H26N4O3.ClH/c1-18(2)12-21(10-7-16(18)19)17(23)13-5-6-14(15(11-13)22(24)25)20-8-3-4-9-20;/h5-6,11,16H,3-4,7-10,12,19H2,1-2H3;1H. The van der Waals surface area contributed by atoms with Crippen LogP contribution in [0.15, 0.2) is 18.2 Å². The molecule has 1 atom stereocenters. The number of nitro groups is 1. The van der Waals surface area contributed by atoms with E-state index in [4.69, 9.17) is 5.73 Å². The number of carbonyl (C=O) groups excluding carboxylic acids is 1. The minimum atomic E-state index is -0.388. The van der Waals surface area contributed by atoms with Gasteiger partial charge in [0.15, 0.2) is 0 Å². The first-order valence-electron chi connectivity index (χ1n) is 8.88. The third kappa shape index (κ3) is 3.94. The molecular weight excluding hydrogens is 356 g/mol. The number of rotatable bonds is 3. The van der Waals surface area contributed by atoms with E-state index in [1.807, 2.05) is 4.90 Å². The second-order valence-electron chi connectivity index (χ2n) is 7.77. The normalized spacial score (nSPS) is 22.0. The van der Waals surface area contributed by atoms with Gasteiger partial charge in [-0.15, -0.1) is 12.4 Å². The summed E-state index contributed by atoms with van der Waals surface area (Å²) < 4.78 is 0. The minimum Gasteiger partial charge on any atom is -0.366 e. The lowest BCUT2D eigenvalue weighted by molar-refractivity contribution is -0.384. The van der Waals surface area contributed by atoms with Crippen molar-refractivity contribution < 1.29 is 9.72 Å². The van der Waals surface area contributed by atoms with Crippen LogP contribution in [0.4, 0.5) is 11.4 Å². The molecule has 1 aromatic carbocycles. The lowest BCUT2D eigenvalue weighted by Gasteiger charge is -2.42. The Balaban J connectivity index is 0.00000243. The van der Waals surface area contributed by atoms with Gasteiger partial charge in [0.2, 0.25) is 0 Å². The van der Waals surface area contributed by atoms with Crippen molar-refractivity contribution in [2.45, 2.75) is 39.2 Å². The number of carbonyl (C=O) groups is 1. The van der Waals surface area contributed by atoms with Gasteiger partial charge in [-0.25, -0.2) is 0 Å². The fraction of sp³-hybridized carbons (Fsp3) is 0.611. The summed E-state index contributed by atoms with van der Waals surface area (Å²) >= 11 is 0. The number of piperidine rings is 1. The first kappa shape index (κ1) is 20.5. The average molecular weight is 383 g/mol. The highest BCUT2D eigenvalue weighted by Gasteiger charge is 2.36. The number of likely N-dealkylation sites (tertiary alicyclic amines) is 1. The number of hydrogen-bond donors (Lipinski definition) is 1. The summed E-state index contributed by atoms with van der Waals surface area (Å²) in [7, 11) is 0. The largest absolute Gasteiger partial charge is 0.366 e. The molecule has 2 heterocycles. The Bertz CT molecular complexity index is 689. The molecule has 2 saturated heterocycles. The first-order valence-corrected chi connectivity index (χ1v) is 8.88. The van der Waals surface area contributed by atoms with Crippen LogP contribution < -0.4 is 10.6 Å². The molecule has 1 unspecified atom stereocenters. The third-order valence-corrected chi connectivity index (χ3v) is 5.47. The van der Waals surface area contributed by atoms with Gasteiger partial charge in [-0.1, -0.05) is 13.8 Å². The zero-order valence-electron chi connectivity index (χ0n) is 15.3. The predicted octanol–water partition coefficient (Wildman–Crippen LogP) is 2.82. The summed E-state index contributed by atoms with van der Waals surface area (Å²) in [4.78, 5) is 27.8. The van der Waals surface area contributed by atoms with Gasteiger partial charge in [0, 0.05) is 43.9 Å². The third-order valence-electron chi connectivity index (χ3n) is 5.47. The summed E-state index contributed by atoms with van der Waals surface area (Å²) in [6.45, 7) is 6.91. The van der Waals surface area contributed by atoms with E-state index < -0.39 is 0 Å². The molecule has 2 fully saturated rings. The van der Waals surface area contributed by atoms with Crippen LogP contribution in [-0.2, 0) is 0 Å². The summed E-state index contributed by atoms with van der Waals surface area (Å²) in [5.74, 6) is -0.156. The Hall–Kier alpha value is -1.86. The van der Waals surface area contributed by atoms with E-state index in [0.29, 0.717) is 24.3 Å². The molecule has 3 rings (SSSR count). The summed E-state index contributed by atoms with van der Waals surface area (Å²) in [6.07, 6.45) is 2.83. The topological polar surface area (TPSA) is 92.7 Å². The van der Waals surface area contributed by atoms with Crippen LogP contribution in [0.1, 0.15) is 43.5 Å². The molecule has 26 heavy (non-hydrogen) atoms. The molecule has 0 saturated carbocycles. The zero-order valence-corrected chi connectivity index (χ0v) is 16.1. The Morgan fingerprint density at radius 3 is 2.50 bits per heavy atom. The van der Waals surface area contributed by atoms with Gasteiger partial charge < -0.3 is 15.5 Å². The van der Waals surface area contributed by atoms with Gasteiger partial charge in [0.05, 0.1) is 4.92 Å². The number of hydrogen-bond acceptors (Lipinski definition) is 5. The number of anilines is 1. The van der Waals surface area contributed by atoms with Gasteiger partial charge in [0.25, 0.3) is 11.6 Å². The zero-order chi connectivity index (χ0) is 18.2. The summed E-state index contributed by atoms with van der Waals surface area (Å²) in [6, 6.07) is 4.92. The van der Waals surface area contributed by atoms with E-state index in [1.165, 1.54) is 6.07 Å². The van der Waals surface area contributed by atoms with Crippen LogP contribution in [0.2, 0.25) is 0 Å². The van der Waals surface area contributed by atoms with Crippen molar-refractivity contribution in [2.75, 3.05) is 31.1 Å². The Morgan fingerprint density at radius 1 is 1.27 bits per heavy atom. The molecule has 0 aliphatic carbocycles. The molecule has 0 spiro atoms. The monoisotopic (exact) mass is 382 g/mol. The van der Waals surface area contributed by atoms with Crippen molar-refractivity contribution >= 4 is 29.7 Å². The van der Waals surface area contributed by atoms with Crippen molar-refractivity contribution in [3.05, 3.63) is 33.9 Å². The Kier molecular flexibility index (Phi) is 6.13. The van der Waals surface area contributed by atoms with Crippen LogP contribution in [0.25, 0.3) is 0 Å². The second kappa shape index (κ2) is 7.80. The maximum absolute atomic E-state index is 12.9. The smallest absolute Gasteiger partial charge is 0.293 e. The highest BCUT2D eigenvalue weighted by atomic mass is 35.5. The number of nitrogens with zero attached hydrogens (tertiary/aromatic N) is 3. The van der Waals surface area contributed by atoms with Gasteiger partial charge in [-0.3, -0.25) is 14.9 Å². The van der Waals surface area contributed by atoms with E-state index in [9.17, 15) is 14.9 Å². The van der Waals surface area contributed by atoms with E-state index in [-0.39, 0.29) is 40.4 Å². The molecule has 2 aliphatic heterocycles. The lowest BCUT2D eigenvalue weighted by Crippen LogP contribution is -2.54. The van der Waals surface area contributed by atoms with Crippen molar-refractivity contribution in [2.24, 2.45) is 11.1 Å². The van der Waals surface area contributed by atoms with Crippen LogP contribution in [-0.4, -0.2) is 48.0 Å². The SMILES string of the molecule is CC1(C)CN(C(=O)c2ccc(N3CCCC3)c([N+](=O)[O-])c2)CCC1N.Cl. The van der Waals surface area contributed by atoms with Crippen LogP contribution in [0, 0.1) is 15.5 Å². The highest BCUT2D eigenvalue weighted by molar-refractivity contribution is 5.96. The number of amides is 1. The highest BCUT2D eigenvalue weighted by Crippen LogP contribution is 2.33. The molecule has 7 nitrogen and oxygen atoms in total. The summed E-state index contributed by atoms with van der Waals surface area (Å²) in [5.41, 5.74) is 6.98. The number of halogens is 1. The number of nitrogens with two attached hydrogens (primary N) is 1. The van der Waals surface area contributed by atoms with Crippen LogP contribution in [0.3, 0.4) is 0 Å². The van der Waals surface area contributed by atoms with Gasteiger partial charge in [0.1, 0.15) is 5.69 Å². The van der Waals surface area contributed by atoms with E-state index in [2.05, 4.69) is 13.8 Å². The second-order valence-corrected chi connectivity index (χ2v) is 7.77. The molecular formula is C18H27ClN4O3. The predicted molar refractivity (Wildman–Crippen MR) is 104 cm³/mol. The average Bonchev–Trinajstić information content (AvgIpc) is 3.10. The van der Waals surface area contributed by atoms with Gasteiger partial charge in [-0.05, 0) is 36.8 Å². The molecule has 1 amide bonds. The van der Waals surface area contributed by atoms with Gasteiger partial charge in [-0.2, -0.15) is 0 Å². The molecule has 0 bridgehead atoms. The molecule has 2 N–H and O–H groups in total. The van der Waals surface area contributed by atoms with Crippen LogP contribution >= 0.6 is 12.4 Å². The van der Waals surface area contributed by atoms with Crippen molar-refractivity contribution in [3.8, 4) is 0 Å². The number of benzene rings is 1. The maximum atomic E-state index is 12.9. The van der Waals surface area contributed by atoms with E-state index in [0.717, 1.165) is 32.4 Å². The quantitative estimate of drug-likeness (QED) is 0.640. The Morgan fingerprint density at radius 2 is 1.92 bits per heavy atom. The van der Waals surface area contributed by atoms with Crippen molar-refractivity contribution in [3.63, 3.8) is 0 Å². The fourth-order valence-corrected chi connectivity index (χ4v) is 3.76. The molecule has 144 valence electrons. The van der Waals surface area contributed by atoms with E-state index in [1.54, 1.807) is 17.0 Å². The van der Waals surface area contributed by atoms with Crippen LogP contribution in [0.5, 0.6) is 0 Å². The molecule has 0 aromatic heterocycles. The summed E-state index contributed by atoms with van der Waals surface area (Å²) in [5, 5.41) is 11.5. The first-order chi connectivity index (χ1) is 11.8. The number of nitro benzene ring substituents is 1. The lowest BCUT2D eigenvalue weighted by atomic mass is 9.79. The van der Waals surface area contributed by atoms with Crippen molar-refractivity contribution in [1.29, 1.82) is 0 Å². The van der Waals surface area contributed by atoms with Crippen molar-refractivity contribution in [1.82, 2.24) is 4.90 Å².